The highest BCUT2D eigenvalue weighted by Gasteiger charge is 2.20. The Morgan fingerprint density at radius 3 is 2.62 bits per heavy atom. The SMILES string of the molecule is Clc1nc(CC2CCCO2)nc(Cl)c1-c1cccc(Br)c1. The van der Waals surface area contributed by atoms with Crippen LogP contribution in [-0.2, 0) is 11.2 Å². The number of hydrogen-bond donors (Lipinski definition) is 0. The molecule has 1 aromatic carbocycles. The van der Waals surface area contributed by atoms with E-state index in [0.29, 0.717) is 28.1 Å². The van der Waals surface area contributed by atoms with Gasteiger partial charge in [-0.1, -0.05) is 51.3 Å². The average molecular weight is 388 g/mol. The Balaban J connectivity index is 1.92. The van der Waals surface area contributed by atoms with Gasteiger partial charge in [0.2, 0.25) is 0 Å². The lowest BCUT2D eigenvalue weighted by molar-refractivity contribution is 0.110. The number of ether oxygens (including phenoxy) is 1. The second-order valence-electron chi connectivity index (χ2n) is 4.95. The quantitative estimate of drug-likeness (QED) is 0.700. The minimum absolute atomic E-state index is 0.175. The van der Waals surface area contributed by atoms with Crippen LogP contribution in [0.1, 0.15) is 18.7 Å². The van der Waals surface area contributed by atoms with Gasteiger partial charge < -0.3 is 4.74 Å². The Morgan fingerprint density at radius 1 is 1.24 bits per heavy atom. The molecule has 0 amide bonds. The van der Waals surface area contributed by atoms with Gasteiger partial charge >= 0.3 is 0 Å². The van der Waals surface area contributed by atoms with Crippen LogP contribution in [0.3, 0.4) is 0 Å². The third-order valence-corrected chi connectivity index (χ3v) is 4.45. The summed E-state index contributed by atoms with van der Waals surface area (Å²) >= 11 is 16.1. The van der Waals surface area contributed by atoms with Gasteiger partial charge in [-0.3, -0.25) is 0 Å². The molecule has 0 spiro atoms. The highest BCUT2D eigenvalue weighted by atomic mass is 79.9. The second kappa shape index (κ2) is 6.61. The predicted octanol–water partition coefficient (Wildman–Crippen LogP) is 4.93. The van der Waals surface area contributed by atoms with Crippen LogP contribution in [0.2, 0.25) is 10.3 Å². The van der Waals surface area contributed by atoms with Gasteiger partial charge in [0.25, 0.3) is 0 Å². The van der Waals surface area contributed by atoms with E-state index in [2.05, 4.69) is 25.9 Å². The molecule has 1 fully saturated rings. The maximum absolute atomic E-state index is 6.32. The number of rotatable bonds is 3. The Bertz CT molecular complexity index is 637. The summed E-state index contributed by atoms with van der Waals surface area (Å²) in [6.45, 7) is 0.808. The van der Waals surface area contributed by atoms with Crippen molar-refractivity contribution in [2.24, 2.45) is 0 Å². The Labute approximate surface area is 141 Å². The van der Waals surface area contributed by atoms with Crippen LogP contribution >= 0.6 is 39.1 Å². The van der Waals surface area contributed by atoms with Crippen molar-refractivity contribution in [3.63, 3.8) is 0 Å². The van der Waals surface area contributed by atoms with Crippen molar-refractivity contribution in [3.8, 4) is 11.1 Å². The van der Waals surface area contributed by atoms with Crippen molar-refractivity contribution in [1.29, 1.82) is 0 Å². The van der Waals surface area contributed by atoms with Gasteiger partial charge in [-0.2, -0.15) is 0 Å². The topological polar surface area (TPSA) is 35.0 Å². The molecule has 0 bridgehead atoms. The zero-order valence-corrected chi connectivity index (χ0v) is 14.2. The van der Waals surface area contributed by atoms with Crippen LogP contribution in [0.25, 0.3) is 11.1 Å². The molecule has 1 unspecified atom stereocenters. The lowest BCUT2D eigenvalue weighted by atomic mass is 10.1. The summed E-state index contributed by atoms with van der Waals surface area (Å²) in [6.07, 6.45) is 2.95. The van der Waals surface area contributed by atoms with Crippen LogP contribution in [-0.4, -0.2) is 22.7 Å². The molecule has 1 atom stereocenters. The van der Waals surface area contributed by atoms with E-state index < -0.39 is 0 Å². The van der Waals surface area contributed by atoms with Crippen molar-refractivity contribution in [3.05, 3.63) is 44.9 Å². The number of aromatic nitrogens is 2. The molecule has 0 N–H and O–H groups in total. The summed E-state index contributed by atoms with van der Waals surface area (Å²) < 4.78 is 6.55. The average Bonchev–Trinajstić information content (AvgIpc) is 2.91. The fourth-order valence-electron chi connectivity index (χ4n) is 2.43. The summed E-state index contributed by atoms with van der Waals surface area (Å²) in [4.78, 5) is 8.76. The van der Waals surface area contributed by atoms with Gasteiger partial charge in [0, 0.05) is 17.5 Å². The summed E-state index contributed by atoms with van der Waals surface area (Å²) in [5.41, 5.74) is 1.55. The third kappa shape index (κ3) is 3.57. The fraction of sp³-hybridized carbons (Fsp3) is 0.333. The van der Waals surface area contributed by atoms with Crippen molar-refractivity contribution >= 4 is 39.1 Å². The third-order valence-electron chi connectivity index (χ3n) is 3.41. The summed E-state index contributed by atoms with van der Waals surface area (Å²) in [5, 5.41) is 0.752. The van der Waals surface area contributed by atoms with E-state index in [1.165, 1.54) is 0 Å². The highest BCUT2D eigenvalue weighted by Crippen LogP contribution is 2.34. The first-order chi connectivity index (χ1) is 10.1. The normalized spacial score (nSPS) is 18.1. The molecule has 0 saturated carbocycles. The van der Waals surface area contributed by atoms with Gasteiger partial charge in [-0.05, 0) is 30.5 Å². The molecule has 0 radical (unpaired) electrons. The zero-order valence-electron chi connectivity index (χ0n) is 11.2. The van der Waals surface area contributed by atoms with Crippen LogP contribution < -0.4 is 0 Å². The van der Waals surface area contributed by atoms with Crippen molar-refractivity contribution in [2.45, 2.75) is 25.4 Å². The van der Waals surface area contributed by atoms with Crippen LogP contribution in [0.5, 0.6) is 0 Å². The lowest BCUT2D eigenvalue weighted by Gasteiger charge is -2.11. The minimum atomic E-state index is 0.175. The smallest absolute Gasteiger partial charge is 0.142 e. The van der Waals surface area contributed by atoms with E-state index in [1.807, 2.05) is 24.3 Å². The molecular weight excluding hydrogens is 375 g/mol. The van der Waals surface area contributed by atoms with Crippen molar-refractivity contribution in [2.75, 3.05) is 6.61 Å². The molecule has 110 valence electrons. The van der Waals surface area contributed by atoms with E-state index in [9.17, 15) is 0 Å². The Hall–Kier alpha value is -0.680. The molecule has 3 nitrogen and oxygen atoms in total. The lowest BCUT2D eigenvalue weighted by Crippen LogP contribution is -2.12. The maximum Gasteiger partial charge on any atom is 0.142 e. The van der Waals surface area contributed by atoms with Gasteiger partial charge in [0.1, 0.15) is 16.1 Å². The molecule has 0 aliphatic carbocycles. The molecule has 1 aliphatic rings. The highest BCUT2D eigenvalue weighted by molar-refractivity contribution is 9.10. The van der Waals surface area contributed by atoms with Gasteiger partial charge in [0.15, 0.2) is 0 Å². The van der Waals surface area contributed by atoms with E-state index in [-0.39, 0.29) is 6.10 Å². The number of benzene rings is 1. The number of nitrogens with zero attached hydrogens (tertiary/aromatic N) is 2. The Kier molecular flexibility index (Phi) is 4.79. The maximum atomic E-state index is 6.32. The van der Waals surface area contributed by atoms with E-state index in [4.69, 9.17) is 27.9 Å². The first kappa shape index (κ1) is 15.2. The van der Waals surface area contributed by atoms with Crippen LogP contribution in [0.4, 0.5) is 0 Å². The molecule has 3 rings (SSSR count). The minimum Gasteiger partial charge on any atom is -0.378 e. The molecule has 2 aromatic rings. The van der Waals surface area contributed by atoms with Gasteiger partial charge in [0.05, 0.1) is 11.7 Å². The van der Waals surface area contributed by atoms with Crippen LogP contribution in [0.15, 0.2) is 28.7 Å². The zero-order chi connectivity index (χ0) is 14.8. The molecule has 1 aliphatic heterocycles. The van der Waals surface area contributed by atoms with Crippen LogP contribution in [0, 0.1) is 0 Å². The summed E-state index contributed by atoms with van der Waals surface area (Å²) in [7, 11) is 0. The Morgan fingerprint density at radius 2 is 2.00 bits per heavy atom. The van der Waals surface area contributed by atoms with E-state index in [1.54, 1.807) is 0 Å². The van der Waals surface area contributed by atoms with Gasteiger partial charge in [-0.25, -0.2) is 9.97 Å². The number of hydrogen-bond acceptors (Lipinski definition) is 3. The summed E-state index contributed by atoms with van der Waals surface area (Å²) in [5.74, 6) is 0.635. The standard InChI is InChI=1S/C15H13BrCl2N2O/c16-10-4-1-3-9(7-10)13-14(17)19-12(20-15(13)18)8-11-5-2-6-21-11/h1,3-4,7,11H,2,5-6,8H2. The van der Waals surface area contributed by atoms with Crippen molar-refractivity contribution in [1.82, 2.24) is 9.97 Å². The predicted molar refractivity (Wildman–Crippen MR) is 87.9 cm³/mol. The second-order valence-corrected chi connectivity index (χ2v) is 6.58. The molecule has 1 saturated heterocycles. The molecule has 6 heteroatoms. The van der Waals surface area contributed by atoms with E-state index >= 15 is 0 Å². The van der Waals surface area contributed by atoms with Gasteiger partial charge in [-0.15, -0.1) is 0 Å². The number of halogens is 3. The molecular formula is C15H13BrCl2N2O. The molecule has 21 heavy (non-hydrogen) atoms. The fourth-order valence-corrected chi connectivity index (χ4v) is 3.47. The molecule has 1 aromatic heterocycles. The first-order valence-electron chi connectivity index (χ1n) is 6.73. The summed E-state index contributed by atoms with van der Waals surface area (Å²) in [6, 6.07) is 7.74. The first-order valence-corrected chi connectivity index (χ1v) is 8.28. The largest absolute Gasteiger partial charge is 0.378 e. The monoisotopic (exact) mass is 386 g/mol. The van der Waals surface area contributed by atoms with Crippen molar-refractivity contribution < 1.29 is 4.74 Å². The molecule has 2 heterocycles. The van der Waals surface area contributed by atoms with E-state index in [0.717, 1.165) is 29.5 Å².